The van der Waals surface area contributed by atoms with E-state index in [0.717, 1.165) is 25.7 Å². The molecular formula is C18H22FNO4. The Hall–Kier alpha value is -2.37. The molecule has 1 aromatic carbocycles. The van der Waals surface area contributed by atoms with E-state index in [1.165, 1.54) is 18.2 Å². The molecule has 0 atom stereocenters. The summed E-state index contributed by atoms with van der Waals surface area (Å²) in [6, 6.07) is 4.01. The molecule has 6 heteroatoms. The molecule has 0 radical (unpaired) electrons. The molecule has 0 unspecified atom stereocenters. The second kappa shape index (κ2) is 8.47. The van der Waals surface area contributed by atoms with Gasteiger partial charge in [0.1, 0.15) is 11.4 Å². The number of halogens is 1. The molecule has 1 heterocycles. The van der Waals surface area contributed by atoms with Crippen LogP contribution in [-0.2, 0) is 9.53 Å². The van der Waals surface area contributed by atoms with Gasteiger partial charge in [0.15, 0.2) is 6.61 Å². The van der Waals surface area contributed by atoms with Gasteiger partial charge in [-0.15, -0.1) is 0 Å². The van der Waals surface area contributed by atoms with E-state index in [2.05, 4.69) is 12.2 Å². The van der Waals surface area contributed by atoms with E-state index in [0.29, 0.717) is 23.1 Å². The van der Waals surface area contributed by atoms with Crippen molar-refractivity contribution in [1.82, 2.24) is 5.32 Å². The van der Waals surface area contributed by atoms with Gasteiger partial charge in [0.2, 0.25) is 5.76 Å². The Labute approximate surface area is 140 Å². The zero-order valence-electron chi connectivity index (χ0n) is 14.0. The Morgan fingerprint density at radius 2 is 2.04 bits per heavy atom. The van der Waals surface area contributed by atoms with Gasteiger partial charge >= 0.3 is 5.97 Å². The molecule has 0 aliphatic rings. The lowest BCUT2D eigenvalue weighted by Gasteiger charge is -2.05. The molecule has 0 bridgehead atoms. The van der Waals surface area contributed by atoms with Crippen molar-refractivity contribution < 1.29 is 23.1 Å². The van der Waals surface area contributed by atoms with E-state index < -0.39 is 11.8 Å². The van der Waals surface area contributed by atoms with Crippen LogP contribution in [0.1, 0.15) is 48.7 Å². The number of benzene rings is 1. The molecule has 24 heavy (non-hydrogen) atoms. The predicted octanol–water partition coefficient (Wildman–Crippen LogP) is 3.73. The van der Waals surface area contributed by atoms with Gasteiger partial charge in [0, 0.05) is 17.5 Å². The fraction of sp³-hybridized carbons (Fsp3) is 0.444. The van der Waals surface area contributed by atoms with E-state index in [1.54, 1.807) is 6.92 Å². The van der Waals surface area contributed by atoms with Gasteiger partial charge < -0.3 is 14.5 Å². The first-order valence-corrected chi connectivity index (χ1v) is 8.15. The van der Waals surface area contributed by atoms with Crippen LogP contribution < -0.4 is 5.32 Å². The topological polar surface area (TPSA) is 68.5 Å². The van der Waals surface area contributed by atoms with Crippen LogP contribution in [0.25, 0.3) is 11.0 Å². The number of amides is 1. The number of carbonyl (C=O) groups excluding carboxylic acids is 2. The summed E-state index contributed by atoms with van der Waals surface area (Å²) in [5.41, 5.74) is 0.899. The highest BCUT2D eigenvalue weighted by Gasteiger charge is 2.20. The van der Waals surface area contributed by atoms with Crippen LogP contribution in [0.3, 0.4) is 0 Å². The number of fused-ring (bicyclic) bond motifs is 1. The SMILES string of the molecule is CCCCCCNC(=O)COC(=O)c1oc2ccc(F)cc2c1C. The van der Waals surface area contributed by atoms with Crippen molar-refractivity contribution in [1.29, 1.82) is 0 Å². The molecule has 0 spiro atoms. The zero-order chi connectivity index (χ0) is 17.5. The number of aryl methyl sites for hydroxylation is 1. The molecule has 1 aromatic heterocycles. The minimum atomic E-state index is -0.731. The van der Waals surface area contributed by atoms with Crippen LogP contribution in [0, 0.1) is 12.7 Å². The summed E-state index contributed by atoms with van der Waals surface area (Å²) < 4.78 is 23.6. The van der Waals surface area contributed by atoms with Crippen molar-refractivity contribution in [3.05, 3.63) is 35.3 Å². The highest BCUT2D eigenvalue weighted by Crippen LogP contribution is 2.26. The summed E-state index contributed by atoms with van der Waals surface area (Å²) in [5, 5.41) is 3.22. The number of esters is 1. The second-order valence-corrected chi connectivity index (χ2v) is 5.68. The lowest BCUT2D eigenvalue weighted by atomic mass is 10.1. The molecule has 5 nitrogen and oxygen atoms in total. The van der Waals surface area contributed by atoms with Gasteiger partial charge in [-0.2, -0.15) is 0 Å². The number of rotatable bonds is 8. The summed E-state index contributed by atoms with van der Waals surface area (Å²) in [5.74, 6) is -1.50. The average Bonchev–Trinajstić information content (AvgIpc) is 2.89. The third-order valence-electron chi connectivity index (χ3n) is 3.77. The summed E-state index contributed by atoms with van der Waals surface area (Å²) in [6.07, 6.45) is 4.23. The van der Waals surface area contributed by atoms with Gasteiger partial charge in [-0.05, 0) is 31.5 Å². The van der Waals surface area contributed by atoms with Gasteiger partial charge in [-0.25, -0.2) is 9.18 Å². The molecule has 0 saturated carbocycles. The maximum Gasteiger partial charge on any atom is 0.375 e. The summed E-state index contributed by atoms with van der Waals surface area (Å²) in [7, 11) is 0. The first-order valence-electron chi connectivity index (χ1n) is 8.15. The van der Waals surface area contributed by atoms with Crippen molar-refractivity contribution in [2.24, 2.45) is 0 Å². The van der Waals surface area contributed by atoms with Gasteiger partial charge in [0.05, 0.1) is 0 Å². The molecule has 0 aliphatic carbocycles. The fourth-order valence-corrected chi connectivity index (χ4v) is 2.42. The molecule has 0 saturated heterocycles. The lowest BCUT2D eigenvalue weighted by Crippen LogP contribution is -2.29. The third kappa shape index (κ3) is 4.57. The van der Waals surface area contributed by atoms with Crippen molar-refractivity contribution in [2.75, 3.05) is 13.2 Å². The molecular weight excluding hydrogens is 313 g/mol. The number of hydrogen-bond acceptors (Lipinski definition) is 4. The van der Waals surface area contributed by atoms with Crippen LogP contribution in [0.2, 0.25) is 0 Å². The molecule has 130 valence electrons. The molecule has 2 aromatic rings. The van der Waals surface area contributed by atoms with E-state index in [-0.39, 0.29) is 18.3 Å². The molecule has 1 amide bonds. The van der Waals surface area contributed by atoms with Crippen molar-refractivity contribution in [3.63, 3.8) is 0 Å². The summed E-state index contributed by atoms with van der Waals surface area (Å²) in [4.78, 5) is 23.7. The Morgan fingerprint density at radius 3 is 2.79 bits per heavy atom. The number of hydrogen-bond donors (Lipinski definition) is 1. The van der Waals surface area contributed by atoms with Crippen molar-refractivity contribution in [3.8, 4) is 0 Å². The van der Waals surface area contributed by atoms with Gasteiger partial charge in [-0.3, -0.25) is 4.79 Å². The minimum Gasteiger partial charge on any atom is -0.450 e. The monoisotopic (exact) mass is 335 g/mol. The molecule has 0 fully saturated rings. The van der Waals surface area contributed by atoms with Crippen molar-refractivity contribution in [2.45, 2.75) is 39.5 Å². The van der Waals surface area contributed by atoms with E-state index in [9.17, 15) is 14.0 Å². The largest absolute Gasteiger partial charge is 0.450 e. The van der Waals surface area contributed by atoms with Crippen LogP contribution in [0.5, 0.6) is 0 Å². The fourth-order valence-electron chi connectivity index (χ4n) is 2.42. The maximum atomic E-state index is 13.3. The second-order valence-electron chi connectivity index (χ2n) is 5.68. The Balaban J connectivity index is 1.86. The number of carbonyl (C=O) groups is 2. The van der Waals surface area contributed by atoms with Crippen LogP contribution in [-0.4, -0.2) is 25.0 Å². The highest BCUT2D eigenvalue weighted by atomic mass is 19.1. The quantitative estimate of drug-likeness (QED) is 0.589. The smallest absolute Gasteiger partial charge is 0.375 e. The lowest BCUT2D eigenvalue weighted by molar-refractivity contribution is -0.124. The van der Waals surface area contributed by atoms with Crippen molar-refractivity contribution >= 4 is 22.8 Å². The Kier molecular flexibility index (Phi) is 6.35. The van der Waals surface area contributed by atoms with Gasteiger partial charge in [0.25, 0.3) is 5.91 Å². The Bertz CT molecular complexity index is 723. The first-order chi connectivity index (χ1) is 11.5. The van der Waals surface area contributed by atoms with Crippen LogP contribution in [0.4, 0.5) is 4.39 Å². The molecule has 2 rings (SSSR count). The number of unbranched alkanes of at least 4 members (excludes halogenated alkanes) is 3. The number of ether oxygens (including phenoxy) is 1. The number of furan rings is 1. The van der Waals surface area contributed by atoms with E-state index in [1.807, 2.05) is 0 Å². The highest BCUT2D eigenvalue weighted by molar-refractivity contribution is 5.96. The average molecular weight is 335 g/mol. The number of nitrogens with one attached hydrogen (secondary N) is 1. The standard InChI is InChI=1S/C18H22FNO4/c1-3-4-5-6-9-20-16(21)11-23-18(22)17-12(2)14-10-13(19)7-8-15(14)24-17/h7-8,10H,3-6,9,11H2,1-2H3,(H,20,21). The third-order valence-corrected chi connectivity index (χ3v) is 3.77. The van der Waals surface area contributed by atoms with Crippen LogP contribution >= 0.6 is 0 Å². The summed E-state index contributed by atoms with van der Waals surface area (Å²) in [6.45, 7) is 3.97. The normalized spacial score (nSPS) is 10.8. The van der Waals surface area contributed by atoms with E-state index in [4.69, 9.17) is 9.15 Å². The Morgan fingerprint density at radius 1 is 1.25 bits per heavy atom. The summed E-state index contributed by atoms with van der Waals surface area (Å²) >= 11 is 0. The minimum absolute atomic E-state index is 0.00801. The first kappa shape index (κ1) is 18.0. The van der Waals surface area contributed by atoms with Gasteiger partial charge in [-0.1, -0.05) is 26.2 Å². The maximum absolute atomic E-state index is 13.3. The van der Waals surface area contributed by atoms with E-state index >= 15 is 0 Å². The predicted molar refractivity (Wildman–Crippen MR) is 88.3 cm³/mol. The van der Waals surface area contributed by atoms with Crippen LogP contribution in [0.15, 0.2) is 22.6 Å². The molecule has 0 aliphatic heterocycles. The zero-order valence-corrected chi connectivity index (χ0v) is 14.0. The molecule has 1 N–H and O–H groups in total.